The van der Waals surface area contributed by atoms with Crippen molar-refractivity contribution in [3.63, 3.8) is 0 Å². The van der Waals surface area contributed by atoms with Crippen LogP contribution in [0.2, 0.25) is 0 Å². The highest BCUT2D eigenvalue weighted by Gasteiger charge is 2.19. The standard InChI is InChI=1S/C14H15BrN2O3/c1-8-4-5-9(6-10(8)15)13(18)12-14(20-3)17-11(19-2)7-16-12/h4-7,13,18H,1-3H3. The average Bonchev–Trinajstić information content (AvgIpc) is 2.48. The molecule has 0 amide bonds. The molecule has 0 radical (unpaired) electrons. The first-order valence-electron chi connectivity index (χ1n) is 5.96. The topological polar surface area (TPSA) is 64.5 Å². The van der Waals surface area contributed by atoms with Crippen LogP contribution in [-0.2, 0) is 0 Å². The number of hydrogen-bond acceptors (Lipinski definition) is 5. The van der Waals surface area contributed by atoms with Crippen LogP contribution in [0, 0.1) is 6.92 Å². The van der Waals surface area contributed by atoms with Crippen LogP contribution in [0.4, 0.5) is 0 Å². The van der Waals surface area contributed by atoms with Crippen LogP contribution in [0.15, 0.2) is 28.9 Å². The zero-order valence-electron chi connectivity index (χ0n) is 11.4. The van der Waals surface area contributed by atoms with Crippen LogP contribution in [-0.4, -0.2) is 29.3 Å². The number of benzene rings is 1. The monoisotopic (exact) mass is 338 g/mol. The van der Waals surface area contributed by atoms with Crippen molar-refractivity contribution in [2.45, 2.75) is 13.0 Å². The summed E-state index contributed by atoms with van der Waals surface area (Å²) in [4.78, 5) is 8.29. The summed E-state index contributed by atoms with van der Waals surface area (Å²) >= 11 is 3.45. The van der Waals surface area contributed by atoms with E-state index in [1.165, 1.54) is 20.4 Å². The van der Waals surface area contributed by atoms with E-state index >= 15 is 0 Å². The predicted molar refractivity (Wildman–Crippen MR) is 78.1 cm³/mol. The maximum atomic E-state index is 10.4. The molecule has 1 aromatic carbocycles. The van der Waals surface area contributed by atoms with Crippen molar-refractivity contribution in [2.24, 2.45) is 0 Å². The largest absolute Gasteiger partial charge is 0.480 e. The molecule has 1 unspecified atom stereocenters. The molecule has 2 rings (SSSR count). The molecule has 1 N–H and O–H groups in total. The number of halogens is 1. The van der Waals surface area contributed by atoms with Crippen molar-refractivity contribution in [3.05, 3.63) is 45.7 Å². The maximum Gasteiger partial charge on any atom is 0.241 e. The molecule has 0 spiro atoms. The van der Waals surface area contributed by atoms with Crippen molar-refractivity contribution >= 4 is 15.9 Å². The van der Waals surface area contributed by atoms with Crippen molar-refractivity contribution in [1.29, 1.82) is 0 Å². The quantitative estimate of drug-likeness (QED) is 0.928. The second kappa shape index (κ2) is 6.19. The summed E-state index contributed by atoms with van der Waals surface area (Å²) in [6.07, 6.45) is 0.532. The minimum absolute atomic E-state index is 0.244. The summed E-state index contributed by atoms with van der Waals surface area (Å²) in [7, 11) is 2.97. The Bertz CT molecular complexity index is 619. The molecule has 0 bridgehead atoms. The molecule has 0 saturated carbocycles. The van der Waals surface area contributed by atoms with E-state index in [2.05, 4.69) is 25.9 Å². The normalized spacial score (nSPS) is 12.1. The Morgan fingerprint density at radius 1 is 1.25 bits per heavy atom. The van der Waals surface area contributed by atoms with E-state index in [1.54, 1.807) is 0 Å². The van der Waals surface area contributed by atoms with Crippen LogP contribution in [0.3, 0.4) is 0 Å². The summed E-state index contributed by atoms with van der Waals surface area (Å²) in [5, 5.41) is 10.4. The van der Waals surface area contributed by atoms with E-state index < -0.39 is 6.10 Å². The molecule has 0 saturated heterocycles. The van der Waals surface area contributed by atoms with Gasteiger partial charge in [-0.05, 0) is 24.1 Å². The Balaban J connectivity index is 2.41. The second-order valence-electron chi connectivity index (χ2n) is 4.22. The lowest BCUT2D eigenvalue weighted by Gasteiger charge is -2.14. The third-order valence-electron chi connectivity index (χ3n) is 2.92. The molecule has 6 heteroatoms. The van der Waals surface area contributed by atoms with Gasteiger partial charge in [0.2, 0.25) is 11.8 Å². The highest BCUT2D eigenvalue weighted by Crippen LogP contribution is 2.30. The zero-order valence-corrected chi connectivity index (χ0v) is 13.0. The number of aromatic nitrogens is 2. The fraction of sp³-hybridized carbons (Fsp3) is 0.286. The van der Waals surface area contributed by atoms with Crippen LogP contribution >= 0.6 is 15.9 Å². The van der Waals surface area contributed by atoms with E-state index in [0.717, 1.165) is 10.0 Å². The number of aliphatic hydroxyl groups excluding tert-OH is 1. The van der Waals surface area contributed by atoms with Gasteiger partial charge in [-0.15, -0.1) is 0 Å². The SMILES string of the molecule is COc1cnc(C(O)c2ccc(C)c(Br)c2)c(OC)n1. The van der Waals surface area contributed by atoms with Crippen LogP contribution in [0.25, 0.3) is 0 Å². The molecular weight excluding hydrogens is 324 g/mol. The molecule has 0 aliphatic heterocycles. The first-order chi connectivity index (χ1) is 9.56. The summed E-state index contributed by atoms with van der Waals surface area (Å²) in [5.41, 5.74) is 2.15. The number of ether oxygens (including phenoxy) is 2. The van der Waals surface area contributed by atoms with E-state index in [0.29, 0.717) is 17.1 Å². The van der Waals surface area contributed by atoms with E-state index in [-0.39, 0.29) is 5.88 Å². The van der Waals surface area contributed by atoms with Gasteiger partial charge in [0.15, 0.2) is 0 Å². The molecule has 106 valence electrons. The number of aryl methyl sites for hydroxylation is 1. The van der Waals surface area contributed by atoms with Crippen molar-refractivity contribution in [3.8, 4) is 11.8 Å². The third-order valence-corrected chi connectivity index (χ3v) is 3.77. The van der Waals surface area contributed by atoms with Gasteiger partial charge >= 0.3 is 0 Å². The first kappa shape index (κ1) is 14.7. The van der Waals surface area contributed by atoms with Crippen molar-refractivity contribution in [2.75, 3.05) is 14.2 Å². The number of rotatable bonds is 4. The highest BCUT2D eigenvalue weighted by molar-refractivity contribution is 9.10. The average molecular weight is 339 g/mol. The van der Waals surface area contributed by atoms with E-state index in [1.807, 2.05) is 25.1 Å². The molecule has 20 heavy (non-hydrogen) atoms. The summed E-state index contributed by atoms with van der Waals surface area (Å²) in [6.45, 7) is 1.98. The van der Waals surface area contributed by atoms with Gasteiger partial charge in [0.25, 0.3) is 0 Å². The first-order valence-corrected chi connectivity index (χ1v) is 6.75. The van der Waals surface area contributed by atoms with Crippen molar-refractivity contribution in [1.82, 2.24) is 9.97 Å². The fourth-order valence-electron chi connectivity index (χ4n) is 1.74. The molecule has 0 fully saturated rings. The molecule has 0 aliphatic carbocycles. The van der Waals surface area contributed by atoms with Crippen LogP contribution in [0.5, 0.6) is 11.8 Å². The lowest BCUT2D eigenvalue weighted by Crippen LogP contribution is -2.07. The molecule has 0 aliphatic rings. The van der Waals surface area contributed by atoms with Crippen LogP contribution < -0.4 is 9.47 Å². The van der Waals surface area contributed by atoms with Gasteiger partial charge in [-0.25, -0.2) is 4.98 Å². The van der Waals surface area contributed by atoms with Crippen LogP contribution in [0.1, 0.15) is 22.9 Å². The third kappa shape index (κ3) is 2.91. The van der Waals surface area contributed by atoms with Crippen molar-refractivity contribution < 1.29 is 14.6 Å². The Kier molecular flexibility index (Phi) is 4.57. The second-order valence-corrected chi connectivity index (χ2v) is 5.07. The molecule has 1 aromatic heterocycles. The van der Waals surface area contributed by atoms with Gasteiger partial charge in [0.1, 0.15) is 11.8 Å². The highest BCUT2D eigenvalue weighted by atomic mass is 79.9. The van der Waals surface area contributed by atoms with Gasteiger partial charge in [-0.2, -0.15) is 4.98 Å². The van der Waals surface area contributed by atoms with E-state index in [4.69, 9.17) is 9.47 Å². The zero-order chi connectivity index (χ0) is 14.7. The van der Waals surface area contributed by atoms with Gasteiger partial charge in [-0.3, -0.25) is 0 Å². The van der Waals surface area contributed by atoms with Gasteiger partial charge in [0.05, 0.1) is 20.4 Å². The van der Waals surface area contributed by atoms with Gasteiger partial charge in [0, 0.05) is 4.47 Å². The van der Waals surface area contributed by atoms with Gasteiger partial charge in [-0.1, -0.05) is 28.1 Å². The van der Waals surface area contributed by atoms with Gasteiger partial charge < -0.3 is 14.6 Å². The number of hydrogen-bond donors (Lipinski definition) is 1. The molecular formula is C14H15BrN2O3. The predicted octanol–water partition coefficient (Wildman–Crippen LogP) is 2.65. The number of aliphatic hydroxyl groups is 1. The lowest BCUT2D eigenvalue weighted by atomic mass is 10.0. The molecule has 1 atom stereocenters. The fourth-order valence-corrected chi connectivity index (χ4v) is 2.14. The Morgan fingerprint density at radius 3 is 2.60 bits per heavy atom. The Labute approximate surface area is 125 Å². The lowest BCUT2D eigenvalue weighted by molar-refractivity contribution is 0.206. The van der Waals surface area contributed by atoms with E-state index in [9.17, 15) is 5.11 Å². The molecule has 5 nitrogen and oxygen atoms in total. The summed E-state index contributed by atoms with van der Waals surface area (Å²) in [6, 6.07) is 5.62. The number of methoxy groups -OCH3 is 2. The Hall–Kier alpha value is -1.66. The maximum absolute atomic E-state index is 10.4. The Morgan fingerprint density at radius 2 is 2.00 bits per heavy atom. The minimum atomic E-state index is -0.916. The summed E-state index contributed by atoms with van der Waals surface area (Å²) in [5.74, 6) is 0.580. The number of nitrogens with zero attached hydrogens (tertiary/aromatic N) is 2. The smallest absolute Gasteiger partial charge is 0.241 e. The molecule has 1 heterocycles. The summed E-state index contributed by atoms with van der Waals surface area (Å²) < 4.78 is 11.1. The minimum Gasteiger partial charge on any atom is -0.480 e. The molecule has 2 aromatic rings.